The average Bonchev–Trinajstić information content (AvgIpc) is 3.04. The summed E-state index contributed by atoms with van der Waals surface area (Å²) in [6.07, 6.45) is 0. The van der Waals surface area contributed by atoms with E-state index in [1.54, 1.807) is 49.5 Å². The first kappa shape index (κ1) is 21.4. The van der Waals surface area contributed by atoms with Gasteiger partial charge in [-0.3, -0.25) is 9.59 Å². The van der Waals surface area contributed by atoms with Crippen LogP contribution in [0.5, 0.6) is 11.5 Å². The minimum Gasteiger partial charge on any atom is -0.493 e. The molecule has 8 heteroatoms. The molecule has 2 aromatic carbocycles. The van der Waals surface area contributed by atoms with Crippen LogP contribution in [-0.2, 0) is 0 Å². The summed E-state index contributed by atoms with van der Waals surface area (Å²) in [5.41, 5.74) is 1.28. The number of halogens is 1. The lowest BCUT2D eigenvalue weighted by Gasteiger charge is -2.27. The molecule has 2 heterocycles. The number of hydrogen-bond donors (Lipinski definition) is 0. The first-order valence-corrected chi connectivity index (χ1v) is 10.6. The van der Waals surface area contributed by atoms with Gasteiger partial charge in [-0.05, 0) is 50.0 Å². The Hall–Kier alpha value is -2.84. The summed E-state index contributed by atoms with van der Waals surface area (Å²) in [5, 5.41) is 0.431. The van der Waals surface area contributed by atoms with Crippen LogP contribution in [0.2, 0.25) is 0 Å². The fraction of sp³-hybridized carbons (Fsp3) is 0.304. The van der Waals surface area contributed by atoms with Gasteiger partial charge in [-0.1, -0.05) is 22.0 Å². The molecule has 0 saturated heterocycles. The molecule has 1 aliphatic heterocycles. The van der Waals surface area contributed by atoms with Crippen LogP contribution in [0.4, 0.5) is 0 Å². The van der Waals surface area contributed by atoms with Crippen molar-refractivity contribution in [3.63, 3.8) is 0 Å². The van der Waals surface area contributed by atoms with Gasteiger partial charge in [-0.15, -0.1) is 0 Å². The fourth-order valence-electron chi connectivity index (χ4n) is 3.90. The van der Waals surface area contributed by atoms with Crippen LogP contribution in [0, 0.1) is 0 Å². The number of likely N-dealkylation sites (N-methyl/N-ethyl adjacent to an activating group) is 1. The number of ether oxygens (including phenoxy) is 2. The van der Waals surface area contributed by atoms with E-state index in [1.807, 2.05) is 25.1 Å². The number of rotatable bonds is 6. The Morgan fingerprint density at radius 1 is 1.06 bits per heavy atom. The average molecular weight is 487 g/mol. The van der Waals surface area contributed by atoms with Crippen molar-refractivity contribution in [2.75, 3.05) is 41.4 Å². The molecular formula is C23H23BrN2O5. The molecule has 0 N–H and O–H groups in total. The zero-order valence-electron chi connectivity index (χ0n) is 17.8. The van der Waals surface area contributed by atoms with Gasteiger partial charge in [-0.25, -0.2) is 0 Å². The molecule has 31 heavy (non-hydrogen) atoms. The lowest BCUT2D eigenvalue weighted by molar-refractivity contribution is 0.0716. The number of carbonyl (C=O) groups excluding carboxylic acids is 1. The van der Waals surface area contributed by atoms with Gasteiger partial charge in [-0.2, -0.15) is 0 Å². The molecule has 7 nitrogen and oxygen atoms in total. The standard InChI is InChI=1S/C23H23BrN2O5/c1-25(2)9-10-26-20(13-5-7-17(29-3)18(11-13)30-4)19-21(27)15-12-14(24)6-8-16(15)31-22(19)23(26)28/h5-8,11-12,20H,9-10H2,1-4H3. The van der Waals surface area contributed by atoms with Crippen molar-refractivity contribution < 1.29 is 18.7 Å². The highest BCUT2D eigenvalue weighted by molar-refractivity contribution is 9.10. The highest BCUT2D eigenvalue weighted by Gasteiger charge is 2.42. The van der Waals surface area contributed by atoms with Gasteiger partial charge in [0.2, 0.25) is 5.76 Å². The smallest absolute Gasteiger partial charge is 0.290 e. The second-order valence-corrected chi connectivity index (χ2v) is 8.55. The lowest BCUT2D eigenvalue weighted by Crippen LogP contribution is -2.35. The molecule has 1 atom stereocenters. The number of benzene rings is 2. The largest absolute Gasteiger partial charge is 0.493 e. The Kier molecular flexibility index (Phi) is 5.77. The first-order chi connectivity index (χ1) is 14.8. The van der Waals surface area contributed by atoms with E-state index in [-0.39, 0.29) is 17.1 Å². The number of nitrogens with zero attached hydrogens (tertiary/aromatic N) is 2. The third-order valence-corrected chi connectivity index (χ3v) is 5.93. The van der Waals surface area contributed by atoms with Gasteiger partial charge in [0, 0.05) is 17.6 Å². The maximum absolute atomic E-state index is 13.5. The Bertz CT molecular complexity index is 1220. The molecule has 0 bridgehead atoms. The zero-order chi connectivity index (χ0) is 22.3. The molecule has 0 fully saturated rings. The molecule has 0 radical (unpaired) electrons. The molecule has 1 aliphatic rings. The molecule has 0 saturated carbocycles. The van der Waals surface area contributed by atoms with E-state index >= 15 is 0 Å². The second-order valence-electron chi connectivity index (χ2n) is 7.63. The van der Waals surface area contributed by atoms with E-state index in [0.717, 1.165) is 10.0 Å². The summed E-state index contributed by atoms with van der Waals surface area (Å²) in [6.45, 7) is 1.08. The third-order valence-electron chi connectivity index (χ3n) is 5.44. The SMILES string of the molecule is COc1ccc(C2c3c(oc4ccc(Br)cc4c3=O)C(=O)N2CCN(C)C)cc1OC. The van der Waals surface area contributed by atoms with Crippen molar-refractivity contribution in [3.05, 3.63) is 68.0 Å². The third kappa shape index (κ3) is 3.70. The second kappa shape index (κ2) is 8.36. The van der Waals surface area contributed by atoms with Crippen molar-refractivity contribution in [2.24, 2.45) is 0 Å². The van der Waals surface area contributed by atoms with Gasteiger partial charge in [0.05, 0.1) is 31.2 Å². The molecule has 3 aromatic rings. The van der Waals surface area contributed by atoms with Gasteiger partial charge >= 0.3 is 0 Å². The summed E-state index contributed by atoms with van der Waals surface area (Å²) in [6, 6.07) is 10.1. The van der Waals surface area contributed by atoms with E-state index in [2.05, 4.69) is 15.9 Å². The molecule has 1 aromatic heterocycles. The van der Waals surface area contributed by atoms with Gasteiger partial charge in [0.15, 0.2) is 16.9 Å². The molecule has 0 aliphatic carbocycles. The molecule has 1 unspecified atom stereocenters. The highest BCUT2D eigenvalue weighted by Crippen LogP contribution is 2.40. The normalized spacial score (nSPS) is 15.6. The number of amides is 1. The summed E-state index contributed by atoms with van der Waals surface area (Å²) < 4.78 is 17.5. The van der Waals surface area contributed by atoms with E-state index in [4.69, 9.17) is 13.9 Å². The number of methoxy groups -OCH3 is 2. The molecule has 162 valence electrons. The van der Waals surface area contributed by atoms with Crippen LogP contribution in [0.1, 0.15) is 27.7 Å². The maximum Gasteiger partial charge on any atom is 0.290 e. The van der Waals surface area contributed by atoms with Crippen molar-refractivity contribution in [3.8, 4) is 11.5 Å². The first-order valence-electron chi connectivity index (χ1n) is 9.79. The maximum atomic E-state index is 13.5. The van der Waals surface area contributed by atoms with Gasteiger partial charge < -0.3 is 23.7 Å². The van der Waals surface area contributed by atoms with E-state index in [1.165, 1.54) is 0 Å². The predicted molar refractivity (Wildman–Crippen MR) is 121 cm³/mol. The van der Waals surface area contributed by atoms with E-state index < -0.39 is 6.04 Å². The number of fused-ring (bicyclic) bond motifs is 2. The molecule has 1 amide bonds. The van der Waals surface area contributed by atoms with Crippen LogP contribution in [0.15, 0.2) is 50.1 Å². The van der Waals surface area contributed by atoms with Gasteiger partial charge in [0.25, 0.3) is 5.91 Å². The van der Waals surface area contributed by atoms with Crippen molar-refractivity contribution in [1.29, 1.82) is 0 Å². The minimum absolute atomic E-state index is 0.0957. The fourth-order valence-corrected chi connectivity index (χ4v) is 4.26. The number of hydrogen-bond acceptors (Lipinski definition) is 6. The highest BCUT2D eigenvalue weighted by atomic mass is 79.9. The van der Waals surface area contributed by atoms with Crippen LogP contribution in [-0.4, -0.2) is 57.1 Å². The van der Waals surface area contributed by atoms with Crippen LogP contribution in [0.3, 0.4) is 0 Å². The monoisotopic (exact) mass is 486 g/mol. The van der Waals surface area contributed by atoms with Crippen molar-refractivity contribution in [2.45, 2.75) is 6.04 Å². The minimum atomic E-state index is -0.582. The lowest BCUT2D eigenvalue weighted by atomic mass is 9.98. The Morgan fingerprint density at radius 2 is 1.81 bits per heavy atom. The van der Waals surface area contributed by atoms with Crippen LogP contribution >= 0.6 is 15.9 Å². The van der Waals surface area contributed by atoms with E-state index in [0.29, 0.717) is 41.1 Å². The zero-order valence-corrected chi connectivity index (χ0v) is 19.4. The molecule has 4 rings (SSSR count). The number of carbonyl (C=O) groups is 1. The Labute approximate surface area is 188 Å². The summed E-state index contributed by atoms with van der Waals surface area (Å²) >= 11 is 3.41. The predicted octanol–water partition coefficient (Wildman–Crippen LogP) is 3.68. The summed E-state index contributed by atoms with van der Waals surface area (Å²) in [4.78, 5) is 30.6. The van der Waals surface area contributed by atoms with Crippen molar-refractivity contribution >= 4 is 32.8 Å². The summed E-state index contributed by atoms with van der Waals surface area (Å²) in [5.74, 6) is 0.906. The van der Waals surface area contributed by atoms with Crippen LogP contribution < -0.4 is 14.9 Å². The Balaban J connectivity index is 1.95. The molecule has 0 spiro atoms. The summed E-state index contributed by atoms with van der Waals surface area (Å²) in [7, 11) is 7.00. The van der Waals surface area contributed by atoms with Crippen molar-refractivity contribution in [1.82, 2.24) is 9.80 Å². The van der Waals surface area contributed by atoms with Crippen LogP contribution in [0.25, 0.3) is 11.0 Å². The van der Waals surface area contributed by atoms with E-state index in [9.17, 15) is 9.59 Å². The van der Waals surface area contributed by atoms with Gasteiger partial charge in [0.1, 0.15) is 5.58 Å². The quantitative estimate of drug-likeness (QED) is 0.529. The Morgan fingerprint density at radius 3 is 2.48 bits per heavy atom. The topological polar surface area (TPSA) is 72.2 Å². The molecular weight excluding hydrogens is 464 g/mol.